The van der Waals surface area contributed by atoms with E-state index in [4.69, 9.17) is 10.5 Å². The summed E-state index contributed by atoms with van der Waals surface area (Å²) in [7, 11) is 0. The second kappa shape index (κ2) is 6.71. The predicted octanol–water partition coefficient (Wildman–Crippen LogP) is 3.81. The maximum absolute atomic E-state index is 6.13. The average Bonchev–Trinajstić information content (AvgIpc) is 2.28. The Balaban J connectivity index is 2.89. The molecule has 1 atom stereocenters. The number of allylic oxidation sites excluding steroid dienone is 1. The maximum atomic E-state index is 6.13. The molecule has 0 aliphatic carbocycles. The van der Waals surface area contributed by atoms with Crippen molar-refractivity contribution in [3.63, 3.8) is 0 Å². The zero-order chi connectivity index (χ0) is 12.0. The van der Waals surface area contributed by atoms with Crippen LogP contribution >= 0.6 is 15.9 Å². The van der Waals surface area contributed by atoms with E-state index in [0.29, 0.717) is 6.61 Å². The van der Waals surface area contributed by atoms with E-state index >= 15 is 0 Å². The zero-order valence-electron chi connectivity index (χ0n) is 9.58. The molecule has 3 heteroatoms. The summed E-state index contributed by atoms with van der Waals surface area (Å²) in [6.07, 6.45) is 3.69. The monoisotopic (exact) mass is 283 g/mol. The third-order valence-electron chi connectivity index (χ3n) is 2.35. The standard InChI is InChI=1S/C13H18BrNO/c1-3-5-6-12(15)11-9-10(14)7-8-13(11)16-4-2/h3,7-9,12H,1,4-6,15H2,2H3/t12-/m0/s1. The summed E-state index contributed by atoms with van der Waals surface area (Å²) < 4.78 is 6.59. The van der Waals surface area contributed by atoms with Gasteiger partial charge in [-0.3, -0.25) is 0 Å². The highest BCUT2D eigenvalue weighted by molar-refractivity contribution is 9.10. The van der Waals surface area contributed by atoms with Gasteiger partial charge in [-0.15, -0.1) is 6.58 Å². The third-order valence-corrected chi connectivity index (χ3v) is 2.85. The molecule has 0 amide bonds. The molecule has 0 saturated heterocycles. The Morgan fingerprint density at radius 2 is 2.31 bits per heavy atom. The van der Waals surface area contributed by atoms with Crippen molar-refractivity contribution in [2.45, 2.75) is 25.8 Å². The molecule has 0 fully saturated rings. The Morgan fingerprint density at radius 1 is 1.56 bits per heavy atom. The molecule has 0 aromatic heterocycles. The smallest absolute Gasteiger partial charge is 0.124 e. The van der Waals surface area contributed by atoms with Gasteiger partial charge in [0.25, 0.3) is 0 Å². The first-order chi connectivity index (χ1) is 7.69. The lowest BCUT2D eigenvalue weighted by atomic mass is 10.0. The zero-order valence-corrected chi connectivity index (χ0v) is 11.2. The van der Waals surface area contributed by atoms with Gasteiger partial charge in [0.05, 0.1) is 6.61 Å². The molecule has 1 rings (SSSR count). The van der Waals surface area contributed by atoms with Crippen molar-refractivity contribution in [3.8, 4) is 5.75 Å². The van der Waals surface area contributed by atoms with Gasteiger partial charge in [-0.2, -0.15) is 0 Å². The quantitative estimate of drug-likeness (QED) is 0.806. The molecule has 0 bridgehead atoms. The Hall–Kier alpha value is -0.800. The number of hydrogen-bond acceptors (Lipinski definition) is 2. The molecule has 0 aliphatic heterocycles. The van der Waals surface area contributed by atoms with E-state index in [9.17, 15) is 0 Å². The van der Waals surface area contributed by atoms with Crippen LogP contribution in [0.3, 0.4) is 0 Å². The van der Waals surface area contributed by atoms with Gasteiger partial charge in [0.1, 0.15) is 5.75 Å². The van der Waals surface area contributed by atoms with Crippen molar-refractivity contribution in [1.82, 2.24) is 0 Å². The Labute approximate surface area is 106 Å². The van der Waals surface area contributed by atoms with Gasteiger partial charge in [-0.05, 0) is 38.0 Å². The highest BCUT2D eigenvalue weighted by Crippen LogP contribution is 2.29. The van der Waals surface area contributed by atoms with Crippen molar-refractivity contribution < 1.29 is 4.74 Å². The topological polar surface area (TPSA) is 35.2 Å². The molecule has 0 spiro atoms. The summed E-state index contributed by atoms with van der Waals surface area (Å²) in [5, 5.41) is 0. The Kier molecular flexibility index (Phi) is 5.56. The van der Waals surface area contributed by atoms with Crippen LogP contribution in [0, 0.1) is 0 Å². The van der Waals surface area contributed by atoms with Crippen LogP contribution in [0.25, 0.3) is 0 Å². The van der Waals surface area contributed by atoms with E-state index in [-0.39, 0.29) is 6.04 Å². The van der Waals surface area contributed by atoms with E-state index in [1.54, 1.807) is 0 Å². The van der Waals surface area contributed by atoms with Crippen LogP contribution in [-0.2, 0) is 0 Å². The fourth-order valence-corrected chi connectivity index (χ4v) is 1.93. The average molecular weight is 284 g/mol. The highest BCUT2D eigenvalue weighted by Gasteiger charge is 2.11. The minimum absolute atomic E-state index is 0.00273. The van der Waals surface area contributed by atoms with Gasteiger partial charge >= 0.3 is 0 Å². The number of hydrogen-bond donors (Lipinski definition) is 1. The lowest BCUT2D eigenvalue weighted by Gasteiger charge is -2.16. The minimum atomic E-state index is -0.00273. The summed E-state index contributed by atoms with van der Waals surface area (Å²) in [5.41, 5.74) is 7.19. The Morgan fingerprint density at radius 3 is 2.94 bits per heavy atom. The van der Waals surface area contributed by atoms with Gasteiger partial charge in [0.15, 0.2) is 0 Å². The maximum Gasteiger partial charge on any atom is 0.124 e. The third kappa shape index (κ3) is 3.65. The SMILES string of the molecule is C=CCC[C@H](N)c1cc(Br)ccc1OCC. The summed E-state index contributed by atoms with van der Waals surface area (Å²) in [6, 6.07) is 5.95. The molecule has 1 aromatic carbocycles. The van der Waals surface area contributed by atoms with Crippen LogP contribution in [0.1, 0.15) is 31.4 Å². The van der Waals surface area contributed by atoms with E-state index in [1.807, 2.05) is 31.2 Å². The molecule has 0 unspecified atom stereocenters. The van der Waals surface area contributed by atoms with Gasteiger partial charge in [0.2, 0.25) is 0 Å². The second-order valence-electron chi connectivity index (χ2n) is 3.59. The van der Waals surface area contributed by atoms with Gasteiger partial charge in [-0.25, -0.2) is 0 Å². The normalized spacial score (nSPS) is 12.2. The summed E-state index contributed by atoms with van der Waals surface area (Å²) in [4.78, 5) is 0. The largest absolute Gasteiger partial charge is 0.494 e. The number of benzene rings is 1. The molecule has 2 nitrogen and oxygen atoms in total. The molecule has 16 heavy (non-hydrogen) atoms. The van der Waals surface area contributed by atoms with Crippen LogP contribution in [-0.4, -0.2) is 6.61 Å². The van der Waals surface area contributed by atoms with Crippen molar-refractivity contribution in [2.75, 3.05) is 6.61 Å². The Bertz CT molecular complexity index is 352. The van der Waals surface area contributed by atoms with E-state index < -0.39 is 0 Å². The molecule has 0 saturated carbocycles. The number of rotatable bonds is 6. The highest BCUT2D eigenvalue weighted by atomic mass is 79.9. The number of ether oxygens (including phenoxy) is 1. The molecular formula is C13H18BrNO. The van der Waals surface area contributed by atoms with Crippen molar-refractivity contribution in [2.24, 2.45) is 5.73 Å². The number of nitrogens with two attached hydrogens (primary N) is 1. The summed E-state index contributed by atoms with van der Waals surface area (Å²) in [6.45, 7) is 6.34. The van der Waals surface area contributed by atoms with Crippen LogP contribution in [0.2, 0.25) is 0 Å². The molecule has 88 valence electrons. The van der Waals surface area contributed by atoms with Crippen LogP contribution < -0.4 is 10.5 Å². The van der Waals surface area contributed by atoms with E-state index in [0.717, 1.165) is 28.6 Å². The molecule has 0 aliphatic rings. The van der Waals surface area contributed by atoms with Gasteiger partial charge in [0, 0.05) is 16.1 Å². The van der Waals surface area contributed by atoms with Crippen LogP contribution in [0.5, 0.6) is 5.75 Å². The lowest BCUT2D eigenvalue weighted by Crippen LogP contribution is -2.12. The predicted molar refractivity (Wildman–Crippen MR) is 71.7 cm³/mol. The van der Waals surface area contributed by atoms with Crippen molar-refractivity contribution in [1.29, 1.82) is 0 Å². The van der Waals surface area contributed by atoms with Gasteiger partial charge in [-0.1, -0.05) is 22.0 Å². The lowest BCUT2D eigenvalue weighted by molar-refractivity contribution is 0.333. The molecule has 0 radical (unpaired) electrons. The van der Waals surface area contributed by atoms with Crippen LogP contribution in [0.15, 0.2) is 35.3 Å². The van der Waals surface area contributed by atoms with Crippen molar-refractivity contribution >= 4 is 15.9 Å². The second-order valence-corrected chi connectivity index (χ2v) is 4.50. The molecule has 0 heterocycles. The molecule has 2 N–H and O–H groups in total. The van der Waals surface area contributed by atoms with Crippen LogP contribution in [0.4, 0.5) is 0 Å². The minimum Gasteiger partial charge on any atom is -0.494 e. The summed E-state index contributed by atoms with van der Waals surface area (Å²) >= 11 is 3.45. The van der Waals surface area contributed by atoms with E-state index in [2.05, 4.69) is 22.5 Å². The fourth-order valence-electron chi connectivity index (χ4n) is 1.55. The molecule has 1 aromatic rings. The van der Waals surface area contributed by atoms with Gasteiger partial charge < -0.3 is 10.5 Å². The fraction of sp³-hybridized carbons (Fsp3) is 0.385. The van der Waals surface area contributed by atoms with E-state index in [1.165, 1.54) is 0 Å². The number of halogens is 1. The summed E-state index contributed by atoms with van der Waals surface area (Å²) in [5.74, 6) is 0.877. The first-order valence-corrected chi connectivity index (χ1v) is 6.27. The first-order valence-electron chi connectivity index (χ1n) is 5.47. The first kappa shape index (κ1) is 13.3. The van der Waals surface area contributed by atoms with Crippen molar-refractivity contribution in [3.05, 3.63) is 40.9 Å². The molecular weight excluding hydrogens is 266 g/mol.